The molecule has 0 spiro atoms. The summed E-state index contributed by atoms with van der Waals surface area (Å²) >= 11 is -1.77. The summed E-state index contributed by atoms with van der Waals surface area (Å²) in [5.74, 6) is 0. The fourth-order valence-electron chi connectivity index (χ4n) is 0.158. The van der Waals surface area contributed by atoms with E-state index in [4.69, 9.17) is 34.7 Å². The van der Waals surface area contributed by atoms with Gasteiger partial charge in [0.15, 0.2) is 0 Å². The first kappa shape index (κ1) is 13.0. The van der Waals surface area contributed by atoms with Crippen molar-refractivity contribution in [3.05, 3.63) is 0 Å². The van der Waals surface area contributed by atoms with Crippen molar-refractivity contribution in [1.82, 2.24) is 0 Å². The van der Waals surface area contributed by atoms with E-state index in [0.717, 1.165) is 12.8 Å². The average molecular weight is 231 g/mol. The van der Waals surface area contributed by atoms with E-state index in [0.29, 0.717) is 6.61 Å². The first-order chi connectivity index (χ1) is 4.15. The van der Waals surface area contributed by atoms with Crippen LogP contribution in [0.25, 0.3) is 0 Å². The molecular formula is C4H10Cl3OV. The summed E-state index contributed by atoms with van der Waals surface area (Å²) in [5.41, 5.74) is 0. The van der Waals surface area contributed by atoms with Crippen molar-refractivity contribution in [3.63, 3.8) is 0 Å². The van der Waals surface area contributed by atoms with E-state index in [2.05, 4.69) is 6.92 Å². The Balaban J connectivity index is 0. The van der Waals surface area contributed by atoms with Gasteiger partial charge in [-0.25, -0.2) is 0 Å². The number of hydrogen-bond acceptors (Lipinski definition) is 1. The van der Waals surface area contributed by atoms with E-state index in [1.165, 1.54) is 0 Å². The standard InChI is InChI=1S/C4H10O.3ClH.V/c1-2-3-4-5;;;;/h5H,2-4H2,1H3;3*1H;/q;;;;+3/p-3. The van der Waals surface area contributed by atoms with Crippen LogP contribution in [0.4, 0.5) is 0 Å². The van der Waals surface area contributed by atoms with Gasteiger partial charge in [-0.15, -0.1) is 0 Å². The van der Waals surface area contributed by atoms with E-state index in [1.807, 2.05) is 0 Å². The van der Waals surface area contributed by atoms with Gasteiger partial charge in [-0.3, -0.25) is 0 Å². The molecule has 0 radical (unpaired) electrons. The van der Waals surface area contributed by atoms with Crippen molar-refractivity contribution in [2.45, 2.75) is 19.8 Å². The monoisotopic (exact) mass is 230 g/mol. The van der Waals surface area contributed by atoms with Gasteiger partial charge in [0.25, 0.3) is 0 Å². The van der Waals surface area contributed by atoms with Crippen LogP contribution in [0.5, 0.6) is 0 Å². The van der Waals surface area contributed by atoms with Crippen LogP contribution in [0.2, 0.25) is 0 Å². The third-order valence-electron chi connectivity index (χ3n) is 0.512. The van der Waals surface area contributed by atoms with Crippen LogP contribution < -0.4 is 0 Å². The van der Waals surface area contributed by atoms with Crippen LogP contribution in [0.3, 0.4) is 0 Å². The molecule has 0 aliphatic heterocycles. The van der Waals surface area contributed by atoms with Crippen molar-refractivity contribution in [3.8, 4) is 0 Å². The third-order valence-corrected chi connectivity index (χ3v) is 0.512. The Bertz CT molecular complexity index is 40.0. The molecule has 0 saturated carbocycles. The SMILES string of the molecule is CCCCO.[Cl][V]([Cl])[Cl]. The Hall–Kier alpha value is 1.41. The quantitative estimate of drug-likeness (QED) is 0.775. The summed E-state index contributed by atoms with van der Waals surface area (Å²) < 4.78 is 0. The predicted octanol–water partition coefficient (Wildman–Crippen LogP) is 2.84. The van der Waals surface area contributed by atoms with Crippen LogP contribution in [0.15, 0.2) is 0 Å². The van der Waals surface area contributed by atoms with Gasteiger partial charge >= 0.3 is 41.8 Å². The fourth-order valence-corrected chi connectivity index (χ4v) is 0.158. The van der Waals surface area contributed by atoms with E-state index in [1.54, 1.807) is 0 Å². The van der Waals surface area contributed by atoms with Crippen LogP contribution in [0, 0.1) is 0 Å². The zero-order chi connectivity index (χ0) is 7.70. The van der Waals surface area contributed by atoms with Crippen molar-refractivity contribution in [2.24, 2.45) is 0 Å². The Kier molecular flexibility index (Phi) is 17.6. The van der Waals surface area contributed by atoms with Gasteiger partial charge in [0.2, 0.25) is 0 Å². The van der Waals surface area contributed by atoms with Gasteiger partial charge in [-0.05, 0) is 6.42 Å². The fraction of sp³-hybridized carbons (Fsp3) is 1.00. The molecule has 0 fully saturated rings. The summed E-state index contributed by atoms with van der Waals surface area (Å²) in [6, 6.07) is 0. The molecule has 0 heterocycles. The van der Waals surface area contributed by atoms with Gasteiger partial charge in [-0.1, -0.05) is 13.3 Å². The molecule has 0 bridgehead atoms. The van der Waals surface area contributed by atoms with Gasteiger partial charge in [0.1, 0.15) is 0 Å². The number of aliphatic hydroxyl groups excluding tert-OH is 1. The Labute approximate surface area is 73.1 Å². The Morgan fingerprint density at radius 3 is 1.67 bits per heavy atom. The van der Waals surface area contributed by atoms with Gasteiger partial charge in [-0.2, -0.15) is 0 Å². The van der Waals surface area contributed by atoms with E-state index in [-0.39, 0.29) is 0 Å². The van der Waals surface area contributed by atoms with E-state index < -0.39 is 12.3 Å². The van der Waals surface area contributed by atoms with Crippen molar-refractivity contribution < 1.29 is 17.4 Å². The number of halogens is 3. The van der Waals surface area contributed by atoms with Crippen LogP contribution >= 0.6 is 29.5 Å². The molecule has 0 aromatic heterocycles. The Morgan fingerprint density at radius 2 is 1.67 bits per heavy atom. The second-order valence-corrected chi connectivity index (χ2v) is 8.19. The molecule has 0 aliphatic rings. The van der Waals surface area contributed by atoms with Gasteiger partial charge in [0.05, 0.1) is 0 Å². The summed E-state index contributed by atoms with van der Waals surface area (Å²) in [4.78, 5) is 0. The van der Waals surface area contributed by atoms with Crippen LogP contribution in [-0.4, -0.2) is 11.7 Å². The van der Waals surface area contributed by atoms with Crippen molar-refractivity contribution in [1.29, 1.82) is 0 Å². The molecule has 0 aromatic rings. The van der Waals surface area contributed by atoms with Crippen LogP contribution in [0.1, 0.15) is 19.8 Å². The maximum absolute atomic E-state index is 8.07. The first-order valence-corrected chi connectivity index (χ1v) is 8.30. The molecular weight excluding hydrogens is 221 g/mol. The molecule has 0 unspecified atom stereocenters. The van der Waals surface area contributed by atoms with Crippen molar-refractivity contribution in [2.75, 3.05) is 6.61 Å². The molecule has 58 valence electrons. The minimum atomic E-state index is -1.77. The minimum absolute atomic E-state index is 0.344. The molecule has 0 saturated heterocycles. The molecule has 1 N–H and O–H groups in total. The summed E-state index contributed by atoms with van der Waals surface area (Å²) in [6.07, 6.45) is 2.04. The number of hydrogen-bond donors (Lipinski definition) is 1. The topological polar surface area (TPSA) is 20.2 Å². The van der Waals surface area contributed by atoms with Crippen LogP contribution in [-0.2, 0) is 12.3 Å². The normalized spacial score (nSPS) is 8.67. The molecule has 0 aliphatic carbocycles. The van der Waals surface area contributed by atoms with Gasteiger partial charge in [0, 0.05) is 6.61 Å². The summed E-state index contributed by atoms with van der Waals surface area (Å²) in [7, 11) is 14.9. The number of aliphatic hydroxyl groups is 1. The molecule has 1 nitrogen and oxygen atoms in total. The van der Waals surface area contributed by atoms with E-state index in [9.17, 15) is 0 Å². The number of unbranched alkanes of at least 4 members (excludes halogenated alkanes) is 1. The molecule has 0 rings (SSSR count). The second kappa shape index (κ2) is 12.1. The number of rotatable bonds is 2. The van der Waals surface area contributed by atoms with E-state index >= 15 is 0 Å². The molecule has 0 amide bonds. The maximum atomic E-state index is 8.07. The zero-order valence-corrected chi connectivity index (χ0v) is 8.81. The second-order valence-electron chi connectivity index (χ2n) is 1.27. The molecule has 0 aromatic carbocycles. The average Bonchev–Trinajstić information content (AvgIpc) is 1.66. The van der Waals surface area contributed by atoms with Gasteiger partial charge < -0.3 is 5.11 Å². The molecule has 9 heavy (non-hydrogen) atoms. The predicted molar refractivity (Wildman–Crippen MR) is 39.6 cm³/mol. The van der Waals surface area contributed by atoms with Crippen molar-refractivity contribution >= 4 is 29.5 Å². The molecule has 0 atom stereocenters. The summed E-state index contributed by atoms with van der Waals surface area (Å²) in [5, 5.41) is 8.07. The summed E-state index contributed by atoms with van der Waals surface area (Å²) in [6.45, 7) is 2.40. The molecule has 5 heteroatoms. The third kappa shape index (κ3) is 44.4. The zero-order valence-electron chi connectivity index (χ0n) is 5.15. The first-order valence-electron chi connectivity index (χ1n) is 2.53. The Morgan fingerprint density at radius 1 is 1.33 bits per heavy atom.